The molecule has 0 aliphatic heterocycles. The first-order chi connectivity index (χ1) is 15.5. The molecule has 7 nitrogen and oxygen atoms in total. The predicted molar refractivity (Wildman–Crippen MR) is 123 cm³/mol. The van der Waals surface area contributed by atoms with Gasteiger partial charge in [0, 0.05) is 27.9 Å². The summed E-state index contributed by atoms with van der Waals surface area (Å²) in [6.07, 6.45) is 0.658. The van der Waals surface area contributed by atoms with Gasteiger partial charge >= 0.3 is 5.97 Å². The fraction of sp³-hybridized carbons (Fsp3) is 0.0833. The van der Waals surface area contributed by atoms with E-state index in [1.807, 2.05) is 48.5 Å². The van der Waals surface area contributed by atoms with Gasteiger partial charge < -0.3 is 10.1 Å². The van der Waals surface area contributed by atoms with Crippen molar-refractivity contribution in [2.45, 2.75) is 6.42 Å². The van der Waals surface area contributed by atoms with E-state index in [4.69, 9.17) is 4.74 Å². The normalized spacial score (nSPS) is 10.6. The van der Waals surface area contributed by atoms with Crippen LogP contribution in [0.5, 0.6) is 0 Å². The summed E-state index contributed by atoms with van der Waals surface area (Å²) in [5, 5.41) is 14.3. The van der Waals surface area contributed by atoms with Crippen LogP contribution in [0.15, 0.2) is 78.9 Å². The van der Waals surface area contributed by atoms with E-state index in [2.05, 4.69) is 5.32 Å². The minimum atomic E-state index is -0.651. The van der Waals surface area contributed by atoms with E-state index in [9.17, 15) is 19.7 Å². The predicted octanol–water partition coefficient (Wildman–Crippen LogP) is 5.20. The van der Waals surface area contributed by atoms with E-state index in [-0.39, 0.29) is 10.6 Å². The first kappa shape index (κ1) is 21.2. The Bertz CT molecular complexity index is 1300. The van der Waals surface area contributed by atoms with E-state index in [1.54, 1.807) is 12.1 Å². The zero-order chi connectivity index (χ0) is 22.5. The Morgan fingerprint density at radius 2 is 1.72 bits per heavy atom. The largest absolute Gasteiger partial charge is 0.451 e. The van der Waals surface area contributed by atoms with Gasteiger partial charge in [0.25, 0.3) is 11.6 Å². The molecular formula is C24H18N2O5S. The highest BCUT2D eigenvalue weighted by Crippen LogP contribution is 2.29. The second kappa shape index (κ2) is 9.40. The minimum absolute atomic E-state index is 0.0521. The number of hydrogen-bond donors (Lipinski definition) is 1. The number of rotatable bonds is 7. The van der Waals surface area contributed by atoms with Gasteiger partial charge in [-0.3, -0.25) is 14.9 Å². The first-order valence-electron chi connectivity index (χ1n) is 9.76. The highest BCUT2D eigenvalue weighted by molar-refractivity contribution is 7.20. The van der Waals surface area contributed by atoms with Crippen LogP contribution in [-0.2, 0) is 16.0 Å². The van der Waals surface area contributed by atoms with Gasteiger partial charge in [-0.15, -0.1) is 11.3 Å². The number of anilines is 1. The average Bonchev–Trinajstić information content (AvgIpc) is 3.23. The molecule has 0 radical (unpaired) electrons. The maximum atomic E-state index is 12.4. The number of fused-ring (bicyclic) bond motifs is 1. The van der Waals surface area contributed by atoms with Crippen molar-refractivity contribution >= 4 is 44.7 Å². The molecule has 1 heterocycles. The maximum absolute atomic E-state index is 12.4. The van der Waals surface area contributed by atoms with Crippen LogP contribution in [0, 0.1) is 10.1 Å². The topological polar surface area (TPSA) is 98.5 Å². The number of nitro benzene ring substituents is 1. The van der Waals surface area contributed by atoms with Crippen LogP contribution in [0.25, 0.3) is 10.1 Å². The van der Waals surface area contributed by atoms with Gasteiger partial charge in [-0.05, 0) is 35.7 Å². The number of carbonyl (C=O) groups is 2. The van der Waals surface area contributed by atoms with Crippen LogP contribution in [0.1, 0.15) is 20.8 Å². The molecule has 0 bridgehead atoms. The summed E-state index contributed by atoms with van der Waals surface area (Å²) in [7, 11) is 0. The van der Waals surface area contributed by atoms with Crippen LogP contribution in [-0.4, -0.2) is 23.4 Å². The van der Waals surface area contributed by atoms with Crippen molar-refractivity contribution in [2.75, 3.05) is 11.9 Å². The van der Waals surface area contributed by atoms with E-state index < -0.39 is 23.4 Å². The number of thiophene rings is 1. The Labute approximate surface area is 187 Å². The second-order valence-electron chi connectivity index (χ2n) is 7.03. The van der Waals surface area contributed by atoms with Crippen molar-refractivity contribution in [1.29, 1.82) is 0 Å². The third-order valence-electron chi connectivity index (χ3n) is 4.78. The molecule has 0 spiro atoms. The quantitative estimate of drug-likeness (QED) is 0.239. The third-order valence-corrected chi connectivity index (χ3v) is 5.87. The number of para-hydroxylation sites is 1. The number of nitrogens with zero attached hydrogens (tertiary/aromatic N) is 1. The Kier molecular flexibility index (Phi) is 6.23. The summed E-state index contributed by atoms with van der Waals surface area (Å²) >= 11 is 1.16. The van der Waals surface area contributed by atoms with Crippen LogP contribution in [0.4, 0.5) is 11.4 Å². The number of nitrogens with one attached hydrogen (secondary N) is 1. The van der Waals surface area contributed by atoms with E-state index in [1.165, 1.54) is 18.2 Å². The lowest BCUT2D eigenvalue weighted by Gasteiger charge is -2.11. The van der Waals surface area contributed by atoms with Crippen LogP contribution < -0.4 is 5.32 Å². The molecule has 0 unspecified atom stereocenters. The standard InChI is InChI=1S/C24H18N2O5S/c27-23(25-20-9-5-4-8-17(20)12-16-6-2-1-3-7-16)15-31-24(28)22-14-18-13-19(26(29)30)10-11-21(18)32-22/h1-11,13-14H,12,15H2,(H,25,27). The third kappa shape index (κ3) is 4.98. The van der Waals surface area contributed by atoms with E-state index in [0.29, 0.717) is 17.5 Å². The lowest BCUT2D eigenvalue weighted by Crippen LogP contribution is -2.21. The zero-order valence-electron chi connectivity index (χ0n) is 16.8. The van der Waals surface area contributed by atoms with Crippen LogP contribution >= 0.6 is 11.3 Å². The number of hydrogen-bond acceptors (Lipinski definition) is 6. The lowest BCUT2D eigenvalue weighted by atomic mass is 10.0. The van der Waals surface area contributed by atoms with E-state index >= 15 is 0 Å². The van der Waals surface area contributed by atoms with Gasteiger partial charge in [0.05, 0.1) is 4.92 Å². The maximum Gasteiger partial charge on any atom is 0.348 e. The van der Waals surface area contributed by atoms with Crippen molar-refractivity contribution in [3.05, 3.63) is 105 Å². The Morgan fingerprint density at radius 1 is 0.969 bits per heavy atom. The molecule has 4 rings (SSSR count). The number of amides is 1. The number of ether oxygens (including phenoxy) is 1. The molecule has 0 saturated heterocycles. The molecule has 1 aromatic heterocycles. The van der Waals surface area contributed by atoms with Gasteiger partial charge in [0.2, 0.25) is 0 Å². The van der Waals surface area contributed by atoms with Crippen LogP contribution in [0.3, 0.4) is 0 Å². The van der Waals surface area contributed by atoms with Crippen molar-refractivity contribution in [3.63, 3.8) is 0 Å². The number of nitro groups is 1. The zero-order valence-corrected chi connectivity index (χ0v) is 17.6. The average molecular weight is 446 g/mol. The van der Waals surface area contributed by atoms with Crippen molar-refractivity contribution in [2.24, 2.45) is 0 Å². The van der Waals surface area contributed by atoms with Crippen LogP contribution in [0.2, 0.25) is 0 Å². The molecule has 0 fully saturated rings. The highest BCUT2D eigenvalue weighted by atomic mass is 32.1. The Balaban J connectivity index is 1.39. The summed E-state index contributed by atoms with van der Waals surface area (Å²) in [4.78, 5) is 35.5. The van der Waals surface area contributed by atoms with Gasteiger partial charge in [0.1, 0.15) is 4.88 Å². The summed E-state index contributed by atoms with van der Waals surface area (Å²) in [5.74, 6) is -1.10. The van der Waals surface area contributed by atoms with Gasteiger partial charge in [-0.2, -0.15) is 0 Å². The van der Waals surface area contributed by atoms with Crippen molar-refractivity contribution in [1.82, 2.24) is 0 Å². The number of non-ortho nitro benzene ring substituents is 1. The fourth-order valence-electron chi connectivity index (χ4n) is 3.25. The first-order valence-corrected chi connectivity index (χ1v) is 10.6. The minimum Gasteiger partial charge on any atom is -0.451 e. The molecule has 160 valence electrons. The molecular weight excluding hydrogens is 428 g/mol. The number of esters is 1. The number of benzene rings is 3. The molecule has 0 aliphatic rings. The molecule has 3 aromatic carbocycles. The monoisotopic (exact) mass is 446 g/mol. The summed E-state index contributed by atoms with van der Waals surface area (Å²) in [6.45, 7) is -0.438. The molecule has 1 N–H and O–H groups in total. The molecule has 1 amide bonds. The summed E-state index contributed by atoms with van der Waals surface area (Å²) in [5.41, 5.74) is 2.67. The van der Waals surface area contributed by atoms with Crippen molar-refractivity contribution in [3.8, 4) is 0 Å². The van der Waals surface area contributed by atoms with Crippen molar-refractivity contribution < 1.29 is 19.2 Å². The van der Waals surface area contributed by atoms with Gasteiger partial charge in [-0.1, -0.05) is 48.5 Å². The van der Waals surface area contributed by atoms with Gasteiger partial charge in [-0.25, -0.2) is 4.79 Å². The smallest absolute Gasteiger partial charge is 0.348 e. The summed E-state index contributed by atoms with van der Waals surface area (Å²) < 4.78 is 5.88. The molecule has 0 atom stereocenters. The molecule has 4 aromatic rings. The van der Waals surface area contributed by atoms with Gasteiger partial charge in [0.15, 0.2) is 6.61 Å². The number of carbonyl (C=O) groups excluding carboxylic acids is 2. The van der Waals surface area contributed by atoms with E-state index in [0.717, 1.165) is 27.2 Å². The molecule has 32 heavy (non-hydrogen) atoms. The Morgan fingerprint density at radius 3 is 2.50 bits per heavy atom. The molecule has 0 saturated carbocycles. The SMILES string of the molecule is O=C(COC(=O)c1cc2cc([N+](=O)[O-])ccc2s1)Nc1ccccc1Cc1ccccc1. The highest BCUT2D eigenvalue weighted by Gasteiger charge is 2.16. The fourth-order valence-corrected chi connectivity index (χ4v) is 4.18. The molecule has 8 heteroatoms. The summed E-state index contributed by atoms with van der Waals surface area (Å²) in [6, 6.07) is 23.3. The lowest BCUT2D eigenvalue weighted by molar-refractivity contribution is -0.384. The Hall–Kier alpha value is -4.04. The molecule has 0 aliphatic carbocycles. The second-order valence-corrected chi connectivity index (χ2v) is 8.12.